The minimum atomic E-state index is -4.44. The van der Waals surface area contributed by atoms with Crippen molar-refractivity contribution in [1.82, 2.24) is 10.3 Å². The Bertz CT molecular complexity index is 452. The van der Waals surface area contributed by atoms with Crippen LogP contribution in [0.3, 0.4) is 0 Å². The van der Waals surface area contributed by atoms with Gasteiger partial charge in [0.1, 0.15) is 5.02 Å². The Balaban J connectivity index is 0.00000220. The molecule has 1 atom stereocenters. The number of nitrogens with zero attached hydrogens (tertiary/aromatic N) is 1. The first-order chi connectivity index (χ1) is 9.47. The Morgan fingerprint density at radius 2 is 2.19 bits per heavy atom. The summed E-state index contributed by atoms with van der Waals surface area (Å²) in [6.45, 7) is 2.41. The quantitative estimate of drug-likeness (QED) is 0.898. The first-order valence-corrected chi connectivity index (χ1v) is 6.91. The smallest absolute Gasteiger partial charge is 0.417 e. The molecule has 21 heavy (non-hydrogen) atoms. The molecule has 1 fully saturated rings. The van der Waals surface area contributed by atoms with Crippen molar-refractivity contribution in [3.8, 4) is 5.88 Å². The van der Waals surface area contributed by atoms with E-state index in [0.29, 0.717) is 12.5 Å². The van der Waals surface area contributed by atoms with Gasteiger partial charge in [0.15, 0.2) is 0 Å². The van der Waals surface area contributed by atoms with Crippen LogP contribution in [0.1, 0.15) is 24.8 Å². The fourth-order valence-electron chi connectivity index (χ4n) is 2.18. The molecule has 0 radical (unpaired) electrons. The second kappa shape index (κ2) is 8.06. The zero-order valence-electron chi connectivity index (χ0n) is 11.3. The van der Waals surface area contributed by atoms with Crippen LogP contribution in [-0.4, -0.2) is 24.7 Å². The average molecular weight is 345 g/mol. The van der Waals surface area contributed by atoms with Crippen molar-refractivity contribution in [2.45, 2.75) is 25.4 Å². The first-order valence-electron chi connectivity index (χ1n) is 6.53. The Labute approximate surface area is 132 Å². The summed E-state index contributed by atoms with van der Waals surface area (Å²) in [5, 5.41) is 3.19. The SMILES string of the molecule is Cl.FC(F)(F)c1cnc(OCCC2CCCNC2)c(Cl)c1. The number of hydrogen-bond donors (Lipinski definition) is 1. The lowest BCUT2D eigenvalue weighted by atomic mass is 9.97. The highest BCUT2D eigenvalue weighted by atomic mass is 35.5. The van der Waals surface area contributed by atoms with E-state index in [0.717, 1.165) is 44.6 Å². The molecule has 1 saturated heterocycles. The van der Waals surface area contributed by atoms with Gasteiger partial charge >= 0.3 is 6.18 Å². The second-order valence-electron chi connectivity index (χ2n) is 4.86. The third-order valence-electron chi connectivity index (χ3n) is 3.30. The van der Waals surface area contributed by atoms with Gasteiger partial charge in [0.25, 0.3) is 0 Å². The van der Waals surface area contributed by atoms with Gasteiger partial charge in [0.05, 0.1) is 12.2 Å². The molecule has 1 aliphatic heterocycles. The Morgan fingerprint density at radius 3 is 2.76 bits per heavy atom. The molecule has 0 amide bonds. The van der Waals surface area contributed by atoms with Gasteiger partial charge < -0.3 is 10.1 Å². The lowest BCUT2D eigenvalue weighted by Crippen LogP contribution is -2.30. The third kappa shape index (κ3) is 5.52. The molecular formula is C13H17Cl2F3N2O. The van der Waals surface area contributed by atoms with E-state index in [9.17, 15) is 13.2 Å². The summed E-state index contributed by atoms with van der Waals surface area (Å²) in [5.74, 6) is 0.598. The number of ether oxygens (including phenoxy) is 1. The number of nitrogens with one attached hydrogen (secondary N) is 1. The van der Waals surface area contributed by atoms with E-state index in [1.807, 2.05) is 0 Å². The first kappa shape index (κ1) is 18.3. The molecule has 1 unspecified atom stereocenters. The monoisotopic (exact) mass is 344 g/mol. The van der Waals surface area contributed by atoms with E-state index in [2.05, 4.69) is 10.3 Å². The van der Waals surface area contributed by atoms with Crippen molar-refractivity contribution in [3.63, 3.8) is 0 Å². The Kier molecular flexibility index (Phi) is 7.03. The molecule has 120 valence electrons. The molecule has 0 aliphatic carbocycles. The van der Waals surface area contributed by atoms with Crippen molar-refractivity contribution in [2.75, 3.05) is 19.7 Å². The maximum Gasteiger partial charge on any atom is 0.417 e. The minimum Gasteiger partial charge on any atom is -0.477 e. The Morgan fingerprint density at radius 1 is 1.43 bits per heavy atom. The van der Waals surface area contributed by atoms with Gasteiger partial charge in [-0.3, -0.25) is 0 Å². The third-order valence-corrected chi connectivity index (χ3v) is 3.57. The highest BCUT2D eigenvalue weighted by Crippen LogP contribution is 2.33. The van der Waals surface area contributed by atoms with Crippen LogP contribution < -0.4 is 10.1 Å². The number of rotatable bonds is 4. The maximum absolute atomic E-state index is 12.4. The number of halogens is 5. The van der Waals surface area contributed by atoms with Gasteiger partial charge in [0, 0.05) is 6.20 Å². The molecule has 1 N–H and O–H groups in total. The van der Waals surface area contributed by atoms with Crippen LogP contribution >= 0.6 is 24.0 Å². The van der Waals surface area contributed by atoms with Gasteiger partial charge in [-0.05, 0) is 44.3 Å². The van der Waals surface area contributed by atoms with Crippen molar-refractivity contribution in [2.24, 2.45) is 5.92 Å². The number of hydrogen-bond acceptors (Lipinski definition) is 3. The summed E-state index contributed by atoms with van der Waals surface area (Å²) in [6, 6.07) is 0.839. The molecule has 0 aromatic carbocycles. The van der Waals surface area contributed by atoms with E-state index < -0.39 is 11.7 Å². The second-order valence-corrected chi connectivity index (χ2v) is 5.27. The van der Waals surface area contributed by atoms with Crippen LogP contribution in [0.5, 0.6) is 5.88 Å². The fraction of sp³-hybridized carbons (Fsp3) is 0.615. The van der Waals surface area contributed by atoms with Crippen LogP contribution in [0.25, 0.3) is 0 Å². The zero-order valence-corrected chi connectivity index (χ0v) is 12.8. The van der Waals surface area contributed by atoms with Crippen molar-refractivity contribution in [3.05, 3.63) is 22.8 Å². The highest BCUT2D eigenvalue weighted by Gasteiger charge is 2.31. The van der Waals surface area contributed by atoms with Crippen LogP contribution in [-0.2, 0) is 6.18 Å². The van der Waals surface area contributed by atoms with Gasteiger partial charge in [0.2, 0.25) is 5.88 Å². The maximum atomic E-state index is 12.4. The van der Waals surface area contributed by atoms with Crippen molar-refractivity contribution < 1.29 is 17.9 Å². The van der Waals surface area contributed by atoms with Crippen LogP contribution in [0.2, 0.25) is 5.02 Å². The topological polar surface area (TPSA) is 34.1 Å². The van der Waals surface area contributed by atoms with E-state index >= 15 is 0 Å². The molecule has 2 heterocycles. The zero-order chi connectivity index (χ0) is 14.6. The molecular weight excluding hydrogens is 328 g/mol. The van der Waals surface area contributed by atoms with Gasteiger partial charge in [-0.2, -0.15) is 13.2 Å². The summed E-state index contributed by atoms with van der Waals surface area (Å²) in [4.78, 5) is 3.64. The number of piperidine rings is 1. The van der Waals surface area contributed by atoms with E-state index in [1.54, 1.807) is 0 Å². The van der Waals surface area contributed by atoms with Crippen molar-refractivity contribution in [1.29, 1.82) is 0 Å². The van der Waals surface area contributed by atoms with Crippen LogP contribution in [0.15, 0.2) is 12.3 Å². The summed E-state index contributed by atoms with van der Waals surface area (Å²) < 4.78 is 42.7. The van der Waals surface area contributed by atoms with Gasteiger partial charge in [-0.15, -0.1) is 12.4 Å². The normalized spacial score (nSPS) is 19.0. The van der Waals surface area contributed by atoms with Gasteiger partial charge in [-0.25, -0.2) is 4.98 Å². The predicted molar refractivity (Wildman–Crippen MR) is 77.2 cm³/mol. The summed E-state index contributed by atoms with van der Waals surface area (Å²) in [5.41, 5.74) is -0.869. The number of alkyl halides is 3. The minimum absolute atomic E-state index is 0. The van der Waals surface area contributed by atoms with Gasteiger partial charge in [-0.1, -0.05) is 11.6 Å². The molecule has 8 heteroatoms. The van der Waals surface area contributed by atoms with E-state index in [-0.39, 0.29) is 23.3 Å². The van der Waals surface area contributed by atoms with E-state index in [1.165, 1.54) is 0 Å². The lowest BCUT2D eigenvalue weighted by molar-refractivity contribution is -0.137. The van der Waals surface area contributed by atoms with Crippen LogP contribution in [0, 0.1) is 5.92 Å². The molecule has 1 aromatic rings. The standard InChI is InChI=1S/C13H16ClF3N2O.ClH/c14-11-6-10(13(15,16)17)8-19-12(11)20-5-3-9-2-1-4-18-7-9;/h6,8-9,18H,1-5,7H2;1H. The lowest BCUT2D eigenvalue weighted by Gasteiger charge is -2.22. The molecule has 1 aromatic heterocycles. The fourth-order valence-corrected chi connectivity index (χ4v) is 2.40. The predicted octanol–water partition coefficient (Wildman–Crippen LogP) is 3.94. The molecule has 3 nitrogen and oxygen atoms in total. The molecule has 0 spiro atoms. The molecule has 2 rings (SSSR count). The van der Waals surface area contributed by atoms with Crippen molar-refractivity contribution >= 4 is 24.0 Å². The highest BCUT2D eigenvalue weighted by molar-refractivity contribution is 6.31. The summed E-state index contributed by atoms with van der Waals surface area (Å²) in [6.07, 6.45) is -0.577. The number of pyridine rings is 1. The van der Waals surface area contributed by atoms with E-state index in [4.69, 9.17) is 16.3 Å². The average Bonchev–Trinajstić information content (AvgIpc) is 2.40. The largest absolute Gasteiger partial charge is 0.477 e. The summed E-state index contributed by atoms with van der Waals surface area (Å²) >= 11 is 5.76. The molecule has 0 saturated carbocycles. The molecule has 0 bridgehead atoms. The molecule has 1 aliphatic rings. The Hall–Kier alpha value is -0.720. The number of aromatic nitrogens is 1. The summed E-state index contributed by atoms with van der Waals surface area (Å²) in [7, 11) is 0. The van der Waals surface area contributed by atoms with Crippen LogP contribution in [0.4, 0.5) is 13.2 Å².